The summed E-state index contributed by atoms with van der Waals surface area (Å²) in [5.41, 5.74) is 0.475. The van der Waals surface area contributed by atoms with E-state index < -0.39 is 9.84 Å². The number of sulfone groups is 1. The number of rotatable bonds is 3. The Kier molecular flexibility index (Phi) is 3.87. The zero-order valence-corrected chi connectivity index (χ0v) is 11.4. The second-order valence-electron chi connectivity index (χ2n) is 3.27. The molecule has 84 valence electrons. The van der Waals surface area contributed by atoms with E-state index in [1.807, 2.05) is 22.6 Å². The molecule has 0 saturated heterocycles. The molecule has 7 heteroatoms. The fourth-order valence-electron chi connectivity index (χ4n) is 0.970. The Balaban J connectivity index is 2.98. The van der Waals surface area contributed by atoms with E-state index in [4.69, 9.17) is 0 Å². The molecule has 5 nitrogen and oxygen atoms in total. The van der Waals surface area contributed by atoms with Crippen LogP contribution in [0.15, 0.2) is 11.1 Å². The van der Waals surface area contributed by atoms with E-state index in [1.165, 1.54) is 10.9 Å². The minimum atomic E-state index is -3.05. The van der Waals surface area contributed by atoms with Crippen LogP contribution < -0.4 is 5.56 Å². The molecule has 1 heterocycles. The molecule has 1 aromatic rings. The van der Waals surface area contributed by atoms with Crippen LogP contribution >= 0.6 is 22.6 Å². The lowest BCUT2D eigenvalue weighted by Crippen LogP contribution is -2.26. The standard InChI is InChI=1S/C8H11IN2O3S/c1-6-7(9)8(12)11(5-10-6)3-4-15(2,13)14/h5H,3-4H2,1-2H3. The predicted octanol–water partition coefficient (Wildman–Crippen LogP) is 0.201. The average Bonchev–Trinajstić information content (AvgIpc) is 2.12. The van der Waals surface area contributed by atoms with Crippen LogP contribution in [0.2, 0.25) is 0 Å². The Morgan fingerprint density at radius 3 is 2.67 bits per heavy atom. The molecule has 0 atom stereocenters. The van der Waals surface area contributed by atoms with Gasteiger partial charge in [-0.2, -0.15) is 0 Å². The molecule has 0 spiro atoms. The maximum absolute atomic E-state index is 11.6. The average molecular weight is 342 g/mol. The number of hydrogen-bond donors (Lipinski definition) is 0. The molecule has 1 aromatic heterocycles. The molecule has 0 aliphatic rings. The van der Waals surface area contributed by atoms with Gasteiger partial charge in [-0.3, -0.25) is 9.36 Å². The molecule has 0 N–H and O–H groups in total. The Labute approximate surface area is 102 Å². The molecule has 0 amide bonds. The van der Waals surface area contributed by atoms with Gasteiger partial charge >= 0.3 is 0 Å². The van der Waals surface area contributed by atoms with Crippen molar-refractivity contribution in [3.05, 3.63) is 25.9 Å². The van der Waals surface area contributed by atoms with Crippen molar-refractivity contribution in [2.75, 3.05) is 12.0 Å². The van der Waals surface area contributed by atoms with Crippen LogP contribution in [0.1, 0.15) is 5.69 Å². The van der Waals surface area contributed by atoms with Gasteiger partial charge in [0.05, 0.1) is 21.3 Å². The van der Waals surface area contributed by atoms with Crippen LogP contribution in [-0.4, -0.2) is 30.0 Å². The van der Waals surface area contributed by atoms with Crippen molar-refractivity contribution < 1.29 is 8.42 Å². The van der Waals surface area contributed by atoms with Crippen molar-refractivity contribution in [3.63, 3.8) is 0 Å². The Bertz CT molecular complexity index is 521. The first-order valence-electron chi connectivity index (χ1n) is 4.20. The first-order valence-corrected chi connectivity index (χ1v) is 7.34. The number of nitrogens with zero attached hydrogens (tertiary/aromatic N) is 2. The van der Waals surface area contributed by atoms with Crippen LogP contribution in [0.3, 0.4) is 0 Å². The first-order chi connectivity index (χ1) is 6.81. The summed E-state index contributed by atoms with van der Waals surface area (Å²) < 4.78 is 23.7. The van der Waals surface area contributed by atoms with Gasteiger partial charge in [0.2, 0.25) is 0 Å². The SMILES string of the molecule is Cc1ncn(CCS(C)(=O)=O)c(=O)c1I. The highest BCUT2D eigenvalue weighted by Crippen LogP contribution is 2.01. The zero-order valence-electron chi connectivity index (χ0n) is 8.40. The van der Waals surface area contributed by atoms with Gasteiger partial charge in [0.1, 0.15) is 9.84 Å². The van der Waals surface area contributed by atoms with E-state index in [2.05, 4.69) is 4.98 Å². The third-order valence-electron chi connectivity index (χ3n) is 1.86. The van der Waals surface area contributed by atoms with Crippen LogP contribution in [0.5, 0.6) is 0 Å². The monoisotopic (exact) mass is 342 g/mol. The lowest BCUT2D eigenvalue weighted by molar-refractivity contribution is 0.591. The van der Waals surface area contributed by atoms with Gasteiger partial charge in [-0.05, 0) is 29.5 Å². The molecule has 0 saturated carbocycles. The summed E-state index contributed by atoms with van der Waals surface area (Å²) in [5.74, 6) is -0.0479. The van der Waals surface area contributed by atoms with Crippen LogP contribution in [0.25, 0.3) is 0 Å². The van der Waals surface area contributed by atoms with Gasteiger partial charge in [0, 0.05) is 12.8 Å². The third kappa shape index (κ3) is 3.56. The molecule has 0 unspecified atom stereocenters. The highest BCUT2D eigenvalue weighted by molar-refractivity contribution is 14.1. The second kappa shape index (κ2) is 4.60. The molecular weight excluding hydrogens is 331 g/mol. The van der Waals surface area contributed by atoms with Crippen LogP contribution in [0.4, 0.5) is 0 Å². The molecule has 0 fully saturated rings. The normalized spacial score (nSPS) is 11.7. The quantitative estimate of drug-likeness (QED) is 0.736. The van der Waals surface area contributed by atoms with Crippen molar-refractivity contribution in [2.24, 2.45) is 0 Å². The van der Waals surface area contributed by atoms with E-state index in [-0.39, 0.29) is 17.9 Å². The molecule has 15 heavy (non-hydrogen) atoms. The summed E-state index contributed by atoms with van der Waals surface area (Å²) in [6.45, 7) is 1.89. The largest absolute Gasteiger partial charge is 0.297 e. The number of halogens is 1. The highest BCUT2D eigenvalue weighted by Gasteiger charge is 2.07. The molecule has 0 aliphatic carbocycles. The number of aryl methyl sites for hydroxylation is 2. The fraction of sp³-hybridized carbons (Fsp3) is 0.500. The molecule has 1 rings (SSSR count). The van der Waals surface area contributed by atoms with Gasteiger partial charge in [-0.1, -0.05) is 0 Å². The maximum Gasteiger partial charge on any atom is 0.267 e. The highest BCUT2D eigenvalue weighted by atomic mass is 127. The lowest BCUT2D eigenvalue weighted by Gasteiger charge is -2.05. The van der Waals surface area contributed by atoms with Crippen molar-refractivity contribution in [2.45, 2.75) is 13.5 Å². The number of aromatic nitrogens is 2. The Hall–Kier alpha value is -0.440. The van der Waals surface area contributed by atoms with E-state index >= 15 is 0 Å². The van der Waals surface area contributed by atoms with Gasteiger partial charge in [-0.15, -0.1) is 0 Å². The Morgan fingerprint density at radius 1 is 1.53 bits per heavy atom. The van der Waals surface area contributed by atoms with Gasteiger partial charge in [0.25, 0.3) is 5.56 Å². The molecule has 0 bridgehead atoms. The first kappa shape index (κ1) is 12.6. The summed E-state index contributed by atoms with van der Waals surface area (Å²) in [5, 5.41) is 0. The molecule has 0 aromatic carbocycles. The third-order valence-corrected chi connectivity index (χ3v) is 4.03. The summed E-state index contributed by atoms with van der Waals surface area (Å²) in [6, 6.07) is 0. The van der Waals surface area contributed by atoms with E-state index in [9.17, 15) is 13.2 Å². The fourth-order valence-corrected chi connectivity index (χ4v) is 1.95. The van der Waals surface area contributed by atoms with Crippen molar-refractivity contribution in [1.29, 1.82) is 0 Å². The van der Waals surface area contributed by atoms with Gasteiger partial charge in [0.15, 0.2) is 0 Å². The summed E-state index contributed by atoms with van der Waals surface area (Å²) >= 11 is 1.91. The predicted molar refractivity (Wildman–Crippen MR) is 65.7 cm³/mol. The molecular formula is C8H11IN2O3S. The van der Waals surface area contributed by atoms with Crippen LogP contribution in [0, 0.1) is 10.5 Å². The molecule has 0 radical (unpaired) electrons. The van der Waals surface area contributed by atoms with Crippen molar-refractivity contribution >= 4 is 32.4 Å². The summed E-state index contributed by atoms with van der Waals surface area (Å²) in [4.78, 5) is 15.6. The smallest absolute Gasteiger partial charge is 0.267 e. The van der Waals surface area contributed by atoms with E-state index in [0.29, 0.717) is 9.26 Å². The van der Waals surface area contributed by atoms with Gasteiger partial charge < -0.3 is 0 Å². The summed E-state index contributed by atoms with van der Waals surface area (Å²) in [6.07, 6.45) is 2.52. The van der Waals surface area contributed by atoms with E-state index in [1.54, 1.807) is 6.92 Å². The van der Waals surface area contributed by atoms with E-state index in [0.717, 1.165) is 6.26 Å². The van der Waals surface area contributed by atoms with Gasteiger partial charge in [-0.25, -0.2) is 13.4 Å². The topological polar surface area (TPSA) is 69.0 Å². The van der Waals surface area contributed by atoms with Crippen LogP contribution in [-0.2, 0) is 16.4 Å². The minimum Gasteiger partial charge on any atom is -0.297 e. The van der Waals surface area contributed by atoms with Crippen molar-refractivity contribution in [1.82, 2.24) is 9.55 Å². The zero-order chi connectivity index (χ0) is 11.6. The second-order valence-corrected chi connectivity index (χ2v) is 6.61. The van der Waals surface area contributed by atoms with Crippen molar-refractivity contribution in [3.8, 4) is 0 Å². The minimum absolute atomic E-state index is 0.0479. The number of hydrogen-bond acceptors (Lipinski definition) is 4. The molecule has 0 aliphatic heterocycles. The Morgan fingerprint density at radius 2 is 2.13 bits per heavy atom. The maximum atomic E-state index is 11.6. The summed E-state index contributed by atoms with van der Waals surface area (Å²) in [7, 11) is -3.05. The lowest BCUT2D eigenvalue weighted by atomic mass is 10.4.